The van der Waals surface area contributed by atoms with Crippen LogP contribution in [0.1, 0.15) is 10.5 Å². The zero-order chi connectivity index (χ0) is 13.9. The monoisotopic (exact) mass is 283 g/mol. The summed E-state index contributed by atoms with van der Waals surface area (Å²) in [5, 5.41) is 9.79. The number of aromatic nitrogens is 3. The van der Waals surface area contributed by atoms with Gasteiger partial charge in [0.1, 0.15) is 0 Å². The Bertz CT molecular complexity index is 742. The van der Waals surface area contributed by atoms with Crippen molar-refractivity contribution in [1.29, 1.82) is 0 Å². The second-order valence-corrected chi connectivity index (χ2v) is 4.94. The van der Waals surface area contributed by atoms with Gasteiger partial charge in [0.05, 0.1) is 4.88 Å². The van der Waals surface area contributed by atoms with Crippen LogP contribution in [0.2, 0.25) is 0 Å². The highest BCUT2D eigenvalue weighted by Crippen LogP contribution is 2.34. The van der Waals surface area contributed by atoms with Gasteiger partial charge in [-0.3, -0.25) is 0 Å². The molecule has 20 heavy (non-hydrogen) atoms. The summed E-state index contributed by atoms with van der Waals surface area (Å²) in [5.74, 6) is -0.621. The minimum atomic E-state index is -1.05. The smallest absolute Gasteiger partial charge is 0.356 e. The lowest BCUT2D eigenvalue weighted by molar-refractivity contribution is 0.0692. The molecule has 6 heteroatoms. The first-order chi connectivity index (χ1) is 9.75. The third-order valence-corrected chi connectivity index (χ3v) is 3.72. The summed E-state index contributed by atoms with van der Waals surface area (Å²) in [4.78, 5) is 24.3. The van der Waals surface area contributed by atoms with E-state index in [1.807, 2.05) is 30.3 Å². The first-order valence-electron chi connectivity index (χ1n) is 5.82. The summed E-state index contributed by atoms with van der Waals surface area (Å²) >= 11 is 1.28. The zero-order valence-electron chi connectivity index (χ0n) is 10.2. The molecule has 0 atom stereocenters. The number of nitrogens with zero attached hydrogens (tertiary/aromatic N) is 3. The summed E-state index contributed by atoms with van der Waals surface area (Å²) in [6, 6.07) is 11.0. The first kappa shape index (κ1) is 12.4. The van der Waals surface area contributed by atoms with E-state index in [2.05, 4.69) is 15.0 Å². The van der Waals surface area contributed by atoms with Gasteiger partial charge in [-0.2, -0.15) is 0 Å². The van der Waals surface area contributed by atoms with Gasteiger partial charge in [0.15, 0.2) is 16.5 Å². The van der Waals surface area contributed by atoms with Crippen molar-refractivity contribution < 1.29 is 9.90 Å². The molecule has 0 bridgehead atoms. The highest BCUT2D eigenvalue weighted by atomic mass is 32.1. The molecule has 0 unspecified atom stereocenters. The molecule has 1 aromatic carbocycles. The number of rotatable bonds is 3. The van der Waals surface area contributed by atoms with E-state index in [0.29, 0.717) is 15.7 Å². The number of thiazole rings is 1. The predicted molar refractivity (Wildman–Crippen MR) is 75.5 cm³/mol. The van der Waals surface area contributed by atoms with E-state index < -0.39 is 5.97 Å². The molecule has 3 aromatic rings. The van der Waals surface area contributed by atoms with Gasteiger partial charge in [0.2, 0.25) is 0 Å². The Balaban J connectivity index is 2.15. The standard InChI is InChI=1S/C14H9N3O2S/c18-14(19)10-11(9-5-2-1-3-6-9)20-13(17-10)12-15-7-4-8-16-12/h1-8H,(H,18,19). The van der Waals surface area contributed by atoms with Crippen LogP contribution in [0.25, 0.3) is 21.3 Å². The van der Waals surface area contributed by atoms with Crippen LogP contribution in [-0.2, 0) is 0 Å². The van der Waals surface area contributed by atoms with Crippen molar-refractivity contribution in [1.82, 2.24) is 15.0 Å². The number of aromatic carboxylic acids is 1. The molecular formula is C14H9N3O2S. The molecule has 98 valence electrons. The van der Waals surface area contributed by atoms with Gasteiger partial charge in [-0.05, 0) is 11.6 Å². The summed E-state index contributed by atoms with van der Waals surface area (Å²) in [6.07, 6.45) is 3.21. The Kier molecular flexibility index (Phi) is 3.22. The maximum Gasteiger partial charge on any atom is 0.356 e. The Morgan fingerprint density at radius 3 is 2.40 bits per heavy atom. The maximum absolute atomic E-state index is 11.3. The van der Waals surface area contributed by atoms with Crippen LogP contribution in [0.5, 0.6) is 0 Å². The molecular weight excluding hydrogens is 274 g/mol. The quantitative estimate of drug-likeness (QED) is 0.799. The highest BCUT2D eigenvalue weighted by molar-refractivity contribution is 7.18. The Morgan fingerprint density at radius 2 is 1.75 bits per heavy atom. The van der Waals surface area contributed by atoms with Crippen LogP contribution in [0.3, 0.4) is 0 Å². The molecule has 0 aliphatic rings. The summed E-state index contributed by atoms with van der Waals surface area (Å²) in [6.45, 7) is 0. The van der Waals surface area contributed by atoms with Crippen molar-refractivity contribution in [3.63, 3.8) is 0 Å². The zero-order valence-corrected chi connectivity index (χ0v) is 11.0. The van der Waals surface area contributed by atoms with Gasteiger partial charge in [-0.1, -0.05) is 30.3 Å². The third kappa shape index (κ3) is 2.28. The minimum absolute atomic E-state index is 0.0312. The summed E-state index contributed by atoms with van der Waals surface area (Å²) in [7, 11) is 0. The van der Waals surface area contributed by atoms with E-state index in [9.17, 15) is 9.90 Å². The van der Waals surface area contributed by atoms with E-state index in [-0.39, 0.29) is 5.69 Å². The van der Waals surface area contributed by atoms with Gasteiger partial charge < -0.3 is 5.11 Å². The number of carbonyl (C=O) groups is 1. The normalized spacial score (nSPS) is 10.4. The lowest BCUT2D eigenvalue weighted by Gasteiger charge is -1.97. The van der Waals surface area contributed by atoms with E-state index in [1.165, 1.54) is 11.3 Å². The number of hydrogen-bond acceptors (Lipinski definition) is 5. The lowest BCUT2D eigenvalue weighted by Crippen LogP contribution is -1.99. The largest absolute Gasteiger partial charge is 0.476 e. The average molecular weight is 283 g/mol. The van der Waals surface area contributed by atoms with Crippen LogP contribution >= 0.6 is 11.3 Å². The van der Waals surface area contributed by atoms with E-state index >= 15 is 0 Å². The first-order valence-corrected chi connectivity index (χ1v) is 6.64. The number of hydrogen-bond donors (Lipinski definition) is 1. The fourth-order valence-corrected chi connectivity index (χ4v) is 2.77. The summed E-state index contributed by atoms with van der Waals surface area (Å²) < 4.78 is 0. The Hall–Kier alpha value is -2.60. The van der Waals surface area contributed by atoms with Crippen molar-refractivity contribution >= 4 is 17.3 Å². The number of carboxylic acids is 1. The van der Waals surface area contributed by atoms with Gasteiger partial charge in [0, 0.05) is 12.4 Å². The molecule has 0 spiro atoms. The fourth-order valence-electron chi connectivity index (χ4n) is 1.76. The van der Waals surface area contributed by atoms with Crippen molar-refractivity contribution in [3.05, 3.63) is 54.5 Å². The molecule has 0 fully saturated rings. The van der Waals surface area contributed by atoms with E-state index in [1.54, 1.807) is 18.5 Å². The second kappa shape index (κ2) is 5.18. The van der Waals surface area contributed by atoms with Crippen LogP contribution in [0, 0.1) is 0 Å². The third-order valence-electron chi connectivity index (χ3n) is 2.62. The second-order valence-electron chi connectivity index (χ2n) is 3.94. The highest BCUT2D eigenvalue weighted by Gasteiger charge is 2.20. The molecule has 1 N–H and O–H groups in total. The van der Waals surface area contributed by atoms with Crippen LogP contribution in [-0.4, -0.2) is 26.0 Å². The van der Waals surface area contributed by atoms with Crippen LogP contribution in [0.15, 0.2) is 48.8 Å². The topological polar surface area (TPSA) is 76.0 Å². The SMILES string of the molecule is O=C(O)c1nc(-c2ncccn2)sc1-c1ccccc1. The Labute approximate surface area is 118 Å². The van der Waals surface area contributed by atoms with Crippen molar-refractivity contribution in [3.8, 4) is 21.3 Å². The van der Waals surface area contributed by atoms with Gasteiger partial charge in [-0.15, -0.1) is 11.3 Å². The molecule has 0 aliphatic carbocycles. The number of benzene rings is 1. The van der Waals surface area contributed by atoms with Gasteiger partial charge >= 0.3 is 5.97 Å². The maximum atomic E-state index is 11.3. The van der Waals surface area contributed by atoms with Gasteiger partial charge in [0.25, 0.3) is 0 Å². The fraction of sp³-hybridized carbons (Fsp3) is 0. The van der Waals surface area contributed by atoms with E-state index in [0.717, 1.165) is 5.56 Å². The molecule has 0 saturated heterocycles. The predicted octanol–water partition coefficient (Wildman–Crippen LogP) is 2.97. The molecule has 3 rings (SSSR count). The van der Waals surface area contributed by atoms with E-state index in [4.69, 9.17) is 0 Å². The van der Waals surface area contributed by atoms with Crippen LogP contribution in [0.4, 0.5) is 0 Å². The molecule has 5 nitrogen and oxygen atoms in total. The van der Waals surface area contributed by atoms with Gasteiger partial charge in [-0.25, -0.2) is 19.7 Å². The molecule has 0 radical (unpaired) electrons. The van der Waals surface area contributed by atoms with Crippen molar-refractivity contribution in [2.45, 2.75) is 0 Å². The Morgan fingerprint density at radius 1 is 1.05 bits per heavy atom. The number of carboxylic acid groups (broad SMARTS) is 1. The molecule has 0 aliphatic heterocycles. The van der Waals surface area contributed by atoms with Crippen molar-refractivity contribution in [2.24, 2.45) is 0 Å². The molecule has 2 heterocycles. The minimum Gasteiger partial charge on any atom is -0.476 e. The summed E-state index contributed by atoms with van der Waals surface area (Å²) in [5.41, 5.74) is 0.855. The van der Waals surface area contributed by atoms with Crippen LogP contribution < -0.4 is 0 Å². The average Bonchev–Trinajstić information content (AvgIpc) is 2.94. The van der Waals surface area contributed by atoms with Crippen molar-refractivity contribution in [2.75, 3.05) is 0 Å². The molecule has 2 aromatic heterocycles. The molecule has 0 amide bonds. The molecule has 0 saturated carbocycles. The lowest BCUT2D eigenvalue weighted by atomic mass is 10.1.